The fourth-order valence-corrected chi connectivity index (χ4v) is 3.57. The summed E-state index contributed by atoms with van der Waals surface area (Å²) >= 11 is 0. The van der Waals surface area contributed by atoms with Gasteiger partial charge in [-0.3, -0.25) is 9.59 Å². The van der Waals surface area contributed by atoms with E-state index >= 15 is 0 Å². The standard InChI is InChI=1S/C21H27N3O2/c1-17-22-12-15-24(17)16-18-10-13-23(14-11-18)21(26)9-5-8-20(25)19-6-3-2-4-7-19/h2-4,6-7,12,15,18H,5,8-11,13-14,16H2,1H3. The Bertz CT molecular complexity index is 731. The molecule has 2 aromatic rings. The van der Waals surface area contributed by atoms with Crippen LogP contribution in [0.5, 0.6) is 0 Å². The maximum absolute atomic E-state index is 12.4. The number of imidazole rings is 1. The molecule has 1 saturated heterocycles. The van der Waals surface area contributed by atoms with E-state index in [2.05, 4.69) is 9.55 Å². The fraction of sp³-hybridized carbons (Fsp3) is 0.476. The lowest BCUT2D eigenvalue weighted by Gasteiger charge is -2.32. The van der Waals surface area contributed by atoms with Gasteiger partial charge in [-0.2, -0.15) is 0 Å². The van der Waals surface area contributed by atoms with Gasteiger partial charge in [0, 0.05) is 50.4 Å². The van der Waals surface area contributed by atoms with Gasteiger partial charge in [0.1, 0.15) is 5.82 Å². The van der Waals surface area contributed by atoms with Crippen LogP contribution >= 0.6 is 0 Å². The van der Waals surface area contributed by atoms with Crippen molar-refractivity contribution in [3.05, 3.63) is 54.1 Å². The molecular formula is C21H27N3O2. The minimum Gasteiger partial charge on any atom is -0.343 e. The quantitative estimate of drug-likeness (QED) is 0.716. The van der Waals surface area contributed by atoms with E-state index < -0.39 is 0 Å². The number of piperidine rings is 1. The molecule has 0 spiro atoms. The Hall–Kier alpha value is -2.43. The first-order chi connectivity index (χ1) is 12.6. The highest BCUT2D eigenvalue weighted by Gasteiger charge is 2.23. The van der Waals surface area contributed by atoms with Gasteiger partial charge < -0.3 is 9.47 Å². The van der Waals surface area contributed by atoms with Crippen molar-refractivity contribution < 1.29 is 9.59 Å². The average Bonchev–Trinajstić information content (AvgIpc) is 3.07. The smallest absolute Gasteiger partial charge is 0.222 e. The van der Waals surface area contributed by atoms with Crippen LogP contribution in [0.15, 0.2) is 42.7 Å². The summed E-state index contributed by atoms with van der Waals surface area (Å²) in [6.07, 6.45) is 7.46. The second kappa shape index (κ2) is 8.79. The molecule has 3 rings (SSSR count). The van der Waals surface area contributed by atoms with Gasteiger partial charge in [0.25, 0.3) is 0 Å². The lowest BCUT2D eigenvalue weighted by molar-refractivity contribution is -0.132. The number of hydrogen-bond donors (Lipinski definition) is 0. The Morgan fingerprint density at radius 1 is 1.12 bits per heavy atom. The molecule has 26 heavy (non-hydrogen) atoms. The highest BCUT2D eigenvalue weighted by molar-refractivity contribution is 5.96. The zero-order valence-electron chi connectivity index (χ0n) is 15.4. The summed E-state index contributed by atoms with van der Waals surface area (Å²) in [5.74, 6) is 1.95. The number of ketones is 1. The van der Waals surface area contributed by atoms with Gasteiger partial charge in [-0.1, -0.05) is 30.3 Å². The van der Waals surface area contributed by atoms with Crippen LogP contribution < -0.4 is 0 Å². The monoisotopic (exact) mass is 353 g/mol. The molecule has 1 aromatic carbocycles. The summed E-state index contributed by atoms with van der Waals surface area (Å²) < 4.78 is 2.19. The number of benzene rings is 1. The van der Waals surface area contributed by atoms with Gasteiger partial charge in [0.15, 0.2) is 5.78 Å². The van der Waals surface area contributed by atoms with E-state index in [0.717, 1.165) is 43.9 Å². The molecule has 0 unspecified atom stereocenters. The number of aryl methyl sites for hydroxylation is 1. The number of aromatic nitrogens is 2. The second-order valence-electron chi connectivity index (χ2n) is 7.09. The van der Waals surface area contributed by atoms with Gasteiger partial charge in [-0.05, 0) is 32.1 Å². The number of likely N-dealkylation sites (tertiary alicyclic amines) is 1. The molecule has 1 fully saturated rings. The molecule has 0 atom stereocenters. The molecule has 0 bridgehead atoms. The molecule has 2 heterocycles. The number of carbonyl (C=O) groups is 2. The molecule has 1 aliphatic heterocycles. The Morgan fingerprint density at radius 2 is 1.85 bits per heavy atom. The van der Waals surface area contributed by atoms with Crippen molar-refractivity contribution in [2.75, 3.05) is 13.1 Å². The Kier molecular flexibility index (Phi) is 6.21. The number of amides is 1. The number of hydrogen-bond acceptors (Lipinski definition) is 3. The maximum atomic E-state index is 12.4. The number of nitrogens with zero attached hydrogens (tertiary/aromatic N) is 3. The van der Waals surface area contributed by atoms with E-state index in [0.29, 0.717) is 25.2 Å². The van der Waals surface area contributed by atoms with Crippen LogP contribution in [-0.4, -0.2) is 39.2 Å². The van der Waals surface area contributed by atoms with Crippen molar-refractivity contribution in [1.29, 1.82) is 0 Å². The minimum absolute atomic E-state index is 0.118. The molecule has 1 aromatic heterocycles. The summed E-state index contributed by atoms with van der Waals surface area (Å²) in [7, 11) is 0. The van der Waals surface area contributed by atoms with Crippen LogP contribution in [0.1, 0.15) is 48.3 Å². The van der Waals surface area contributed by atoms with Gasteiger partial charge >= 0.3 is 0 Å². The summed E-state index contributed by atoms with van der Waals surface area (Å²) in [6, 6.07) is 9.30. The van der Waals surface area contributed by atoms with Gasteiger partial charge in [-0.25, -0.2) is 4.98 Å². The van der Waals surface area contributed by atoms with E-state index in [9.17, 15) is 9.59 Å². The summed E-state index contributed by atoms with van der Waals surface area (Å²) in [6.45, 7) is 4.66. The highest BCUT2D eigenvalue weighted by Crippen LogP contribution is 2.20. The molecule has 5 nitrogen and oxygen atoms in total. The largest absolute Gasteiger partial charge is 0.343 e. The third-order valence-electron chi connectivity index (χ3n) is 5.24. The van der Waals surface area contributed by atoms with Gasteiger partial charge in [0.2, 0.25) is 5.91 Å². The lowest BCUT2D eigenvalue weighted by atomic mass is 9.96. The van der Waals surface area contributed by atoms with Crippen LogP contribution in [0.25, 0.3) is 0 Å². The van der Waals surface area contributed by atoms with Gasteiger partial charge in [-0.15, -0.1) is 0 Å². The van der Waals surface area contributed by atoms with Crippen molar-refractivity contribution in [1.82, 2.24) is 14.5 Å². The van der Waals surface area contributed by atoms with Crippen LogP contribution in [-0.2, 0) is 11.3 Å². The number of rotatable bonds is 7. The van der Waals surface area contributed by atoms with Crippen molar-refractivity contribution in [2.24, 2.45) is 5.92 Å². The van der Waals surface area contributed by atoms with Crippen molar-refractivity contribution >= 4 is 11.7 Å². The molecule has 0 aliphatic carbocycles. The van der Waals surface area contributed by atoms with E-state index in [1.165, 1.54) is 0 Å². The maximum Gasteiger partial charge on any atom is 0.222 e. The highest BCUT2D eigenvalue weighted by atomic mass is 16.2. The van der Waals surface area contributed by atoms with Crippen LogP contribution in [0.4, 0.5) is 0 Å². The molecule has 0 N–H and O–H groups in total. The molecule has 0 saturated carbocycles. The first-order valence-corrected chi connectivity index (χ1v) is 9.47. The van der Waals surface area contributed by atoms with Gasteiger partial charge in [0.05, 0.1) is 0 Å². The average molecular weight is 353 g/mol. The van der Waals surface area contributed by atoms with E-state index in [4.69, 9.17) is 0 Å². The molecule has 1 amide bonds. The van der Waals surface area contributed by atoms with E-state index in [1.807, 2.05) is 54.5 Å². The number of carbonyl (C=O) groups excluding carboxylic acids is 2. The Morgan fingerprint density at radius 3 is 2.50 bits per heavy atom. The van der Waals surface area contributed by atoms with Crippen molar-refractivity contribution in [3.8, 4) is 0 Å². The van der Waals surface area contributed by atoms with Crippen molar-refractivity contribution in [3.63, 3.8) is 0 Å². The molecule has 0 radical (unpaired) electrons. The first-order valence-electron chi connectivity index (χ1n) is 9.47. The summed E-state index contributed by atoms with van der Waals surface area (Å²) in [5.41, 5.74) is 0.732. The van der Waals surface area contributed by atoms with Crippen LogP contribution in [0.3, 0.4) is 0 Å². The molecule has 5 heteroatoms. The predicted octanol–water partition coefficient (Wildman–Crippen LogP) is 3.48. The normalized spacial score (nSPS) is 15.2. The van der Waals surface area contributed by atoms with Crippen LogP contribution in [0, 0.1) is 12.8 Å². The zero-order chi connectivity index (χ0) is 18.4. The molecule has 138 valence electrons. The third kappa shape index (κ3) is 4.81. The van der Waals surface area contributed by atoms with Crippen molar-refractivity contribution in [2.45, 2.75) is 45.6 Å². The van der Waals surface area contributed by atoms with E-state index in [-0.39, 0.29) is 11.7 Å². The molecular weight excluding hydrogens is 326 g/mol. The summed E-state index contributed by atoms with van der Waals surface area (Å²) in [5, 5.41) is 0. The number of Topliss-reactive ketones (excluding diaryl/α,β-unsaturated/α-hetero) is 1. The zero-order valence-corrected chi connectivity index (χ0v) is 15.4. The Labute approximate surface area is 155 Å². The van der Waals surface area contributed by atoms with E-state index in [1.54, 1.807) is 0 Å². The third-order valence-corrected chi connectivity index (χ3v) is 5.24. The van der Waals surface area contributed by atoms with Crippen LogP contribution in [0.2, 0.25) is 0 Å². The predicted molar refractivity (Wildman–Crippen MR) is 101 cm³/mol. The Balaban J connectivity index is 1.37. The topological polar surface area (TPSA) is 55.2 Å². The fourth-order valence-electron chi connectivity index (χ4n) is 3.57. The lowest BCUT2D eigenvalue weighted by Crippen LogP contribution is -2.39. The first kappa shape index (κ1) is 18.4. The SMILES string of the molecule is Cc1nccn1CC1CCN(C(=O)CCCC(=O)c2ccccc2)CC1. The molecule has 1 aliphatic rings. The minimum atomic E-state index is 0.118. The second-order valence-corrected chi connectivity index (χ2v) is 7.09. The summed E-state index contributed by atoms with van der Waals surface area (Å²) in [4.78, 5) is 30.7.